The third-order valence-corrected chi connectivity index (χ3v) is 3.51. The van der Waals surface area contributed by atoms with E-state index in [1.807, 2.05) is 0 Å². The third kappa shape index (κ3) is 5.57. The van der Waals surface area contributed by atoms with Crippen LogP contribution in [0.15, 0.2) is 41.4 Å². The van der Waals surface area contributed by atoms with Crippen molar-refractivity contribution in [2.45, 2.75) is 13.3 Å². The zero-order valence-electron chi connectivity index (χ0n) is 14.7. The van der Waals surface area contributed by atoms with Gasteiger partial charge in [-0.2, -0.15) is 0 Å². The van der Waals surface area contributed by atoms with Gasteiger partial charge in [0, 0.05) is 25.5 Å². The summed E-state index contributed by atoms with van der Waals surface area (Å²) in [5, 5.41) is 9.87. The first-order chi connectivity index (χ1) is 13.2. The van der Waals surface area contributed by atoms with E-state index >= 15 is 0 Å². The molecule has 0 fully saturated rings. The number of carbonyl (C=O) groups excluding carboxylic acids is 1. The van der Waals surface area contributed by atoms with E-state index in [0.29, 0.717) is 6.07 Å². The number of hydrogen-bond donors (Lipinski definition) is 2. The van der Waals surface area contributed by atoms with Gasteiger partial charge in [0.1, 0.15) is 28.9 Å². The van der Waals surface area contributed by atoms with Gasteiger partial charge in [-0.3, -0.25) is 4.79 Å². The van der Waals surface area contributed by atoms with E-state index in [1.165, 1.54) is 6.92 Å². The van der Waals surface area contributed by atoms with Crippen LogP contribution in [0, 0.1) is 23.3 Å². The molecular formula is C19H16F4N2O3. The monoisotopic (exact) mass is 396 g/mol. The van der Waals surface area contributed by atoms with Crippen molar-refractivity contribution in [2.75, 3.05) is 6.61 Å². The molecular weight excluding hydrogens is 380 g/mol. The first-order valence-electron chi connectivity index (χ1n) is 7.99. The second kappa shape index (κ2) is 9.03. The van der Waals surface area contributed by atoms with Crippen LogP contribution in [0.4, 0.5) is 23.2 Å². The van der Waals surface area contributed by atoms with Crippen molar-refractivity contribution < 1.29 is 32.2 Å². The van der Waals surface area contributed by atoms with Crippen molar-refractivity contribution in [3.8, 4) is 0 Å². The van der Waals surface area contributed by atoms with Crippen LogP contribution in [-0.4, -0.2) is 23.5 Å². The standard InChI is InChI=1S/C19H16F4N2O3/c1-10(26)28-5-4-11-6-15(22)19(16(23)7-11)25-18(24)9-17(27)13-3-2-12(20)8-14(13)21/h2-3,6-9,27H,4-5H2,1H3,(H2,24,25). The Bertz CT molecular complexity index is 935. The second-order valence-electron chi connectivity index (χ2n) is 5.69. The van der Waals surface area contributed by atoms with Gasteiger partial charge in [0.2, 0.25) is 0 Å². The number of benzene rings is 2. The molecule has 0 unspecified atom stereocenters. The molecule has 5 nitrogen and oxygen atoms in total. The number of amidine groups is 1. The third-order valence-electron chi connectivity index (χ3n) is 3.51. The fourth-order valence-electron chi connectivity index (χ4n) is 2.26. The zero-order valence-corrected chi connectivity index (χ0v) is 14.7. The first kappa shape index (κ1) is 20.9. The summed E-state index contributed by atoms with van der Waals surface area (Å²) >= 11 is 0. The van der Waals surface area contributed by atoms with Gasteiger partial charge in [0.05, 0.1) is 12.2 Å². The normalized spacial score (nSPS) is 12.2. The lowest BCUT2D eigenvalue weighted by atomic mass is 10.1. The Balaban J connectivity index is 2.24. The minimum absolute atomic E-state index is 0.0428. The summed E-state index contributed by atoms with van der Waals surface area (Å²) in [4.78, 5) is 14.2. The molecule has 148 valence electrons. The summed E-state index contributed by atoms with van der Waals surface area (Å²) in [7, 11) is 0. The van der Waals surface area contributed by atoms with Gasteiger partial charge in [-0.15, -0.1) is 0 Å². The lowest BCUT2D eigenvalue weighted by molar-refractivity contribution is -0.140. The van der Waals surface area contributed by atoms with Gasteiger partial charge in [-0.05, 0) is 29.8 Å². The summed E-state index contributed by atoms with van der Waals surface area (Å²) < 4.78 is 59.5. The number of aliphatic imine (C=N–C) groups is 1. The Hall–Kier alpha value is -3.36. The van der Waals surface area contributed by atoms with Gasteiger partial charge in [-0.25, -0.2) is 22.6 Å². The Labute approximate surface area is 157 Å². The number of rotatable bonds is 6. The topological polar surface area (TPSA) is 84.9 Å². The maximum Gasteiger partial charge on any atom is 0.302 e. The number of carbonyl (C=O) groups is 1. The van der Waals surface area contributed by atoms with Gasteiger partial charge >= 0.3 is 5.97 Å². The fourth-order valence-corrected chi connectivity index (χ4v) is 2.26. The minimum atomic E-state index is -1.05. The molecule has 0 saturated heterocycles. The maximum atomic E-state index is 14.1. The quantitative estimate of drug-likeness (QED) is 0.255. The van der Waals surface area contributed by atoms with E-state index in [0.717, 1.165) is 30.3 Å². The van der Waals surface area contributed by atoms with Crippen LogP contribution in [0.25, 0.3) is 5.76 Å². The number of halogens is 4. The molecule has 0 aromatic heterocycles. The molecule has 2 aromatic carbocycles. The smallest absolute Gasteiger partial charge is 0.302 e. The van der Waals surface area contributed by atoms with Gasteiger partial charge in [0.25, 0.3) is 0 Å². The maximum absolute atomic E-state index is 14.1. The Morgan fingerprint density at radius 1 is 1.14 bits per heavy atom. The second-order valence-corrected chi connectivity index (χ2v) is 5.69. The molecule has 0 bridgehead atoms. The highest BCUT2D eigenvalue weighted by molar-refractivity contribution is 5.98. The fraction of sp³-hybridized carbons (Fsp3) is 0.158. The summed E-state index contributed by atoms with van der Waals surface area (Å²) in [6.07, 6.45) is 0.876. The lowest BCUT2D eigenvalue weighted by Gasteiger charge is -2.06. The summed E-state index contributed by atoms with van der Waals surface area (Å²) in [6.45, 7) is 1.17. The number of aliphatic hydroxyl groups is 1. The van der Waals surface area contributed by atoms with Gasteiger partial charge < -0.3 is 15.6 Å². The number of nitrogens with two attached hydrogens (primary N) is 1. The van der Waals surface area contributed by atoms with Crippen LogP contribution in [0.1, 0.15) is 18.1 Å². The molecule has 28 heavy (non-hydrogen) atoms. The van der Waals surface area contributed by atoms with Crippen LogP contribution < -0.4 is 5.73 Å². The number of hydrogen-bond acceptors (Lipinski definition) is 4. The predicted octanol–water partition coefficient (Wildman–Crippen LogP) is 3.94. The molecule has 0 aliphatic rings. The van der Waals surface area contributed by atoms with Crippen molar-refractivity contribution in [3.63, 3.8) is 0 Å². The summed E-state index contributed by atoms with van der Waals surface area (Å²) in [5.41, 5.74) is 4.71. The van der Waals surface area contributed by atoms with Gasteiger partial charge in [0.15, 0.2) is 11.6 Å². The van der Waals surface area contributed by atoms with E-state index in [1.54, 1.807) is 0 Å². The first-order valence-corrected chi connectivity index (χ1v) is 7.99. The Kier molecular flexibility index (Phi) is 6.75. The van der Waals surface area contributed by atoms with E-state index in [2.05, 4.69) is 4.99 Å². The van der Waals surface area contributed by atoms with Crippen molar-refractivity contribution in [3.05, 3.63) is 70.8 Å². The number of ether oxygens (including phenoxy) is 1. The number of esters is 1. The molecule has 0 aliphatic carbocycles. The van der Waals surface area contributed by atoms with E-state index in [9.17, 15) is 27.5 Å². The molecule has 2 aromatic rings. The lowest BCUT2D eigenvalue weighted by Crippen LogP contribution is -2.09. The highest BCUT2D eigenvalue weighted by Crippen LogP contribution is 2.25. The molecule has 3 N–H and O–H groups in total. The molecule has 9 heteroatoms. The molecule has 2 rings (SSSR count). The highest BCUT2D eigenvalue weighted by Gasteiger charge is 2.13. The van der Waals surface area contributed by atoms with Crippen LogP contribution in [0.3, 0.4) is 0 Å². The molecule has 0 saturated carbocycles. The van der Waals surface area contributed by atoms with Crippen molar-refractivity contribution >= 4 is 23.3 Å². The number of nitrogens with zero attached hydrogens (tertiary/aromatic N) is 1. The number of aliphatic hydroxyl groups excluding tert-OH is 1. The highest BCUT2D eigenvalue weighted by atomic mass is 19.1. The summed E-state index contributed by atoms with van der Waals surface area (Å²) in [6, 6.07) is 4.46. The molecule has 0 spiro atoms. The van der Waals surface area contributed by atoms with Crippen LogP contribution in [-0.2, 0) is 16.0 Å². The van der Waals surface area contributed by atoms with E-state index in [4.69, 9.17) is 10.5 Å². The predicted molar refractivity (Wildman–Crippen MR) is 94.9 cm³/mol. The van der Waals surface area contributed by atoms with Crippen molar-refractivity contribution in [2.24, 2.45) is 10.7 Å². The zero-order chi connectivity index (χ0) is 20.8. The molecule has 0 radical (unpaired) electrons. The van der Waals surface area contributed by atoms with Crippen molar-refractivity contribution in [1.82, 2.24) is 0 Å². The Morgan fingerprint density at radius 2 is 1.79 bits per heavy atom. The van der Waals surface area contributed by atoms with E-state index in [-0.39, 0.29) is 24.2 Å². The summed E-state index contributed by atoms with van der Waals surface area (Å²) in [5.74, 6) is -5.66. The van der Waals surface area contributed by atoms with Crippen LogP contribution in [0.5, 0.6) is 0 Å². The SMILES string of the molecule is CC(=O)OCCc1cc(F)c(N=C(N)C=C(O)c2ccc(F)cc2F)c(F)c1. The van der Waals surface area contributed by atoms with Crippen molar-refractivity contribution in [1.29, 1.82) is 0 Å². The molecule has 0 amide bonds. The Morgan fingerprint density at radius 3 is 2.36 bits per heavy atom. The molecule has 0 atom stereocenters. The largest absolute Gasteiger partial charge is 0.507 e. The van der Waals surface area contributed by atoms with Crippen LogP contribution >= 0.6 is 0 Å². The van der Waals surface area contributed by atoms with Crippen LogP contribution in [0.2, 0.25) is 0 Å². The molecule has 0 heterocycles. The van der Waals surface area contributed by atoms with Gasteiger partial charge in [-0.1, -0.05) is 0 Å². The molecule has 0 aliphatic heterocycles. The average Bonchev–Trinajstić information content (AvgIpc) is 2.57. The van der Waals surface area contributed by atoms with E-state index < -0.39 is 46.5 Å². The average molecular weight is 396 g/mol. The minimum Gasteiger partial charge on any atom is -0.507 e.